The fraction of sp³-hybridized carbons (Fsp3) is 0.333. The summed E-state index contributed by atoms with van der Waals surface area (Å²) >= 11 is 9.81. The van der Waals surface area contributed by atoms with Gasteiger partial charge in [0.2, 0.25) is 8.14 Å². The highest BCUT2D eigenvalue weighted by atomic mass is 35.7. The van der Waals surface area contributed by atoms with Crippen molar-refractivity contribution in [1.82, 2.24) is 0 Å². The molecule has 0 saturated carbocycles. The largest absolute Gasteiger partial charge is 0.222 e. The quantitative estimate of drug-likeness (QED) is 0.275. The van der Waals surface area contributed by atoms with Gasteiger partial charge in [0.05, 0.1) is 0 Å². The number of rotatable bonds is 0. The van der Waals surface area contributed by atoms with Crippen molar-refractivity contribution < 1.29 is 0 Å². The molecule has 0 amide bonds. The monoisotopic (exact) mass is 142 g/mol. The lowest BCUT2D eigenvalue weighted by Crippen LogP contribution is -1.36. The summed E-state index contributed by atoms with van der Waals surface area (Å²) in [7, 11) is -0.639. The molecule has 0 heterocycles. The lowest BCUT2D eigenvalue weighted by Gasteiger charge is -1.39. The first-order valence-corrected chi connectivity index (χ1v) is 5.80. The Balaban J connectivity index is 0. The van der Waals surface area contributed by atoms with Gasteiger partial charge in [-0.15, -0.1) is 6.58 Å². The van der Waals surface area contributed by atoms with Gasteiger partial charge >= 0.3 is 0 Å². The molecule has 0 atom stereocenters. The smallest absolute Gasteiger partial charge is 0.155 e. The van der Waals surface area contributed by atoms with Gasteiger partial charge in [-0.1, -0.05) is 6.08 Å². The first kappa shape index (κ1) is 9.74. The van der Waals surface area contributed by atoms with Gasteiger partial charge in [-0.3, -0.25) is 0 Å². The van der Waals surface area contributed by atoms with Crippen LogP contribution < -0.4 is 0 Å². The first-order valence-electron chi connectivity index (χ1n) is 1.52. The van der Waals surface area contributed by atoms with Crippen LogP contribution in [0.1, 0.15) is 6.92 Å². The number of allylic oxidation sites excluding steroid dienone is 1. The molecule has 0 aliphatic rings. The van der Waals surface area contributed by atoms with Gasteiger partial charge in [0.1, 0.15) is 0 Å². The third-order valence-electron chi connectivity index (χ3n) is 0. The van der Waals surface area contributed by atoms with E-state index in [1.807, 2.05) is 6.92 Å². The lowest BCUT2D eigenvalue weighted by molar-refractivity contribution is 1.80. The zero-order chi connectivity index (χ0) is 5.41. The lowest BCUT2D eigenvalue weighted by atomic mass is 10.8. The molecule has 0 unspecified atom stereocenters. The highest BCUT2D eigenvalue weighted by molar-refractivity contribution is 7.22. The number of hydrogen-bond donors (Lipinski definition) is 0. The van der Waals surface area contributed by atoms with E-state index in [9.17, 15) is 0 Å². The van der Waals surface area contributed by atoms with Crippen LogP contribution in [-0.2, 0) is 0 Å². The molecule has 0 aromatic carbocycles. The molecule has 0 rings (SSSR count). The van der Waals surface area contributed by atoms with Crippen molar-refractivity contribution in [3.8, 4) is 0 Å². The van der Waals surface area contributed by atoms with Crippen LogP contribution in [0.25, 0.3) is 0 Å². The molecular weight excluding hydrogens is 135 g/mol. The van der Waals surface area contributed by atoms with Crippen molar-refractivity contribution in [3.05, 3.63) is 12.7 Å². The van der Waals surface area contributed by atoms with Crippen LogP contribution in [0.2, 0.25) is 0 Å². The molecule has 0 bridgehead atoms. The molecule has 0 saturated heterocycles. The Labute approximate surface area is 50.4 Å². The van der Waals surface area contributed by atoms with Crippen molar-refractivity contribution in [2.75, 3.05) is 0 Å². The van der Waals surface area contributed by atoms with Crippen LogP contribution in [0.15, 0.2) is 12.7 Å². The summed E-state index contributed by atoms with van der Waals surface area (Å²) in [6, 6.07) is 0. The van der Waals surface area contributed by atoms with Crippen LogP contribution in [0.5, 0.6) is 0 Å². The van der Waals surface area contributed by atoms with E-state index in [0.29, 0.717) is 0 Å². The van der Waals surface area contributed by atoms with Gasteiger partial charge in [-0.2, -0.15) is 22.2 Å². The van der Waals surface area contributed by atoms with Gasteiger partial charge in [0, 0.05) is 0 Å². The van der Waals surface area contributed by atoms with E-state index in [0.717, 1.165) is 0 Å². The average Bonchev–Trinajstić information content (AvgIpc) is 1.39. The molecule has 0 aliphatic carbocycles. The van der Waals surface area contributed by atoms with E-state index in [-0.39, 0.29) is 0 Å². The minimum atomic E-state index is -0.639. The highest BCUT2D eigenvalue weighted by Gasteiger charge is 1.46. The Morgan fingerprint density at radius 2 is 1.67 bits per heavy atom. The second kappa shape index (κ2) is 17.7. The molecule has 0 fully saturated rings. The number of hydrogen-bond acceptors (Lipinski definition) is 0. The standard InChI is InChI=1S/C3H6.Cl2H2Si/c2*1-3-2/h3H,1H2,2H3;3H2. The molecule has 38 valence electrons. The van der Waals surface area contributed by atoms with Crippen molar-refractivity contribution >= 4 is 30.3 Å². The summed E-state index contributed by atoms with van der Waals surface area (Å²) in [6.45, 7) is 5.25. The van der Waals surface area contributed by atoms with Crippen molar-refractivity contribution in [2.24, 2.45) is 0 Å². The van der Waals surface area contributed by atoms with E-state index in [1.54, 1.807) is 6.08 Å². The summed E-state index contributed by atoms with van der Waals surface area (Å²) in [5.41, 5.74) is 0. The molecule has 0 spiro atoms. The average molecular weight is 143 g/mol. The maximum absolute atomic E-state index is 4.90. The molecule has 6 heavy (non-hydrogen) atoms. The Morgan fingerprint density at radius 1 is 1.67 bits per heavy atom. The Morgan fingerprint density at radius 3 is 1.67 bits per heavy atom. The van der Waals surface area contributed by atoms with Gasteiger partial charge in [0.15, 0.2) is 0 Å². The molecule has 0 aliphatic heterocycles. The zero-order valence-corrected chi connectivity index (χ0v) is 6.67. The highest BCUT2D eigenvalue weighted by Crippen LogP contribution is 1.67. The minimum absolute atomic E-state index is 0.639. The molecule has 0 N–H and O–H groups in total. The van der Waals surface area contributed by atoms with E-state index in [2.05, 4.69) is 6.58 Å². The van der Waals surface area contributed by atoms with Crippen LogP contribution in [0, 0.1) is 0 Å². The zero-order valence-electron chi connectivity index (χ0n) is 3.75. The van der Waals surface area contributed by atoms with Gasteiger partial charge in [-0.05, 0) is 6.92 Å². The van der Waals surface area contributed by atoms with E-state index in [1.165, 1.54) is 0 Å². The summed E-state index contributed by atoms with van der Waals surface area (Å²) in [5.74, 6) is 0. The van der Waals surface area contributed by atoms with E-state index >= 15 is 0 Å². The molecule has 0 aromatic rings. The Hall–Kier alpha value is 0.537. The third kappa shape index (κ3) is 197. The normalized spacial score (nSPS) is 5.17. The molecule has 0 aromatic heterocycles. The van der Waals surface area contributed by atoms with Gasteiger partial charge in [-0.25, -0.2) is 0 Å². The van der Waals surface area contributed by atoms with Crippen LogP contribution in [-0.4, -0.2) is 8.14 Å². The Kier molecular flexibility index (Phi) is 28.7. The third-order valence-corrected chi connectivity index (χ3v) is 0. The number of halogens is 2. The molecule has 0 nitrogen and oxygen atoms in total. The van der Waals surface area contributed by atoms with Crippen LogP contribution >= 0.6 is 22.2 Å². The van der Waals surface area contributed by atoms with Gasteiger partial charge < -0.3 is 0 Å². The summed E-state index contributed by atoms with van der Waals surface area (Å²) < 4.78 is 0. The van der Waals surface area contributed by atoms with Crippen molar-refractivity contribution in [2.45, 2.75) is 6.92 Å². The van der Waals surface area contributed by atoms with Crippen LogP contribution in [0.3, 0.4) is 0 Å². The second-order valence-corrected chi connectivity index (χ2v) is 3.14. The topological polar surface area (TPSA) is 0 Å². The predicted molar refractivity (Wildman–Crippen MR) is 36.1 cm³/mol. The fourth-order valence-corrected chi connectivity index (χ4v) is 0. The Bertz CT molecular complexity index is 22.8. The predicted octanol–water partition coefficient (Wildman–Crippen LogP) is 1.66. The van der Waals surface area contributed by atoms with Crippen molar-refractivity contribution in [1.29, 1.82) is 0 Å². The molecular formula is C3H8Cl2Si. The molecule has 3 heteroatoms. The maximum atomic E-state index is 4.90. The van der Waals surface area contributed by atoms with E-state index in [4.69, 9.17) is 22.2 Å². The van der Waals surface area contributed by atoms with Crippen molar-refractivity contribution in [3.63, 3.8) is 0 Å². The molecule has 0 radical (unpaired) electrons. The fourth-order valence-electron chi connectivity index (χ4n) is 0. The second-order valence-electron chi connectivity index (χ2n) is 0.509. The minimum Gasteiger partial charge on any atom is -0.155 e. The van der Waals surface area contributed by atoms with E-state index < -0.39 is 8.14 Å². The summed E-state index contributed by atoms with van der Waals surface area (Å²) in [6.07, 6.45) is 1.75. The summed E-state index contributed by atoms with van der Waals surface area (Å²) in [5, 5.41) is 0. The summed E-state index contributed by atoms with van der Waals surface area (Å²) in [4.78, 5) is 0. The van der Waals surface area contributed by atoms with Crippen LogP contribution in [0.4, 0.5) is 0 Å². The first-order chi connectivity index (χ1) is 2.83. The SMILES string of the molecule is C=CC.Cl[SiH2]Cl. The maximum Gasteiger partial charge on any atom is 0.222 e. The van der Waals surface area contributed by atoms with Gasteiger partial charge in [0.25, 0.3) is 0 Å².